The van der Waals surface area contributed by atoms with E-state index >= 15 is 0 Å². The summed E-state index contributed by atoms with van der Waals surface area (Å²) >= 11 is 3.48. The van der Waals surface area contributed by atoms with Gasteiger partial charge in [0.25, 0.3) is 0 Å². The second-order valence-electron chi connectivity index (χ2n) is 5.24. The van der Waals surface area contributed by atoms with Crippen molar-refractivity contribution in [3.05, 3.63) is 27.9 Å². The molecule has 2 aromatic rings. The Labute approximate surface area is 122 Å². The van der Waals surface area contributed by atoms with Gasteiger partial charge in [-0.2, -0.15) is 11.3 Å². The number of nitrogens with one attached hydrogen (secondary N) is 1. The van der Waals surface area contributed by atoms with E-state index in [0.29, 0.717) is 12.1 Å². The van der Waals surface area contributed by atoms with E-state index in [1.54, 1.807) is 22.7 Å². The fraction of sp³-hybridized carbons (Fsp3) is 0.500. The predicted octanol–water partition coefficient (Wildman–Crippen LogP) is 3.05. The number of aromatic nitrogens is 1. The molecule has 5 heteroatoms. The summed E-state index contributed by atoms with van der Waals surface area (Å²) in [7, 11) is 0. The quantitative estimate of drug-likeness (QED) is 0.943. The van der Waals surface area contributed by atoms with Crippen molar-refractivity contribution in [2.24, 2.45) is 0 Å². The molecule has 1 fully saturated rings. The maximum Gasteiger partial charge on any atom is 0.124 e. The van der Waals surface area contributed by atoms with Gasteiger partial charge in [-0.05, 0) is 25.3 Å². The van der Waals surface area contributed by atoms with E-state index in [4.69, 9.17) is 4.98 Å². The van der Waals surface area contributed by atoms with Crippen LogP contribution in [0.3, 0.4) is 0 Å². The molecule has 3 nitrogen and oxygen atoms in total. The summed E-state index contributed by atoms with van der Waals surface area (Å²) < 4.78 is 0. The molecule has 2 unspecified atom stereocenters. The van der Waals surface area contributed by atoms with Crippen molar-refractivity contribution in [2.45, 2.75) is 32.5 Å². The number of hydrogen-bond donors (Lipinski definition) is 1. The minimum atomic E-state index is 0.575. The van der Waals surface area contributed by atoms with Crippen molar-refractivity contribution in [1.82, 2.24) is 15.2 Å². The van der Waals surface area contributed by atoms with Crippen molar-refractivity contribution in [3.63, 3.8) is 0 Å². The molecule has 0 aliphatic carbocycles. The van der Waals surface area contributed by atoms with Gasteiger partial charge >= 0.3 is 0 Å². The first-order chi connectivity index (χ1) is 9.22. The Hall–Kier alpha value is -0.750. The molecule has 1 aliphatic rings. The van der Waals surface area contributed by atoms with Crippen LogP contribution >= 0.6 is 22.7 Å². The van der Waals surface area contributed by atoms with Gasteiger partial charge < -0.3 is 5.32 Å². The number of hydrogen-bond acceptors (Lipinski definition) is 5. The normalized spacial score (nSPS) is 24.7. The van der Waals surface area contributed by atoms with E-state index in [1.165, 1.54) is 11.3 Å². The fourth-order valence-corrected chi connectivity index (χ4v) is 3.95. The Kier molecular flexibility index (Phi) is 3.98. The molecule has 2 aromatic heterocycles. The minimum Gasteiger partial charge on any atom is -0.311 e. The highest BCUT2D eigenvalue weighted by molar-refractivity contribution is 7.14. The van der Waals surface area contributed by atoms with Crippen LogP contribution < -0.4 is 5.32 Å². The van der Waals surface area contributed by atoms with Gasteiger partial charge in [-0.15, -0.1) is 11.3 Å². The number of nitrogens with zero attached hydrogens (tertiary/aromatic N) is 2. The summed E-state index contributed by atoms with van der Waals surface area (Å²) in [6, 6.07) is 3.30. The number of thiazole rings is 1. The molecule has 1 saturated heterocycles. The van der Waals surface area contributed by atoms with Crippen molar-refractivity contribution >= 4 is 22.7 Å². The van der Waals surface area contributed by atoms with Crippen molar-refractivity contribution < 1.29 is 0 Å². The SMILES string of the molecule is CC1CN(Cc2csc(-c3ccsc3)n2)C(C)CN1. The summed E-state index contributed by atoms with van der Waals surface area (Å²) in [4.78, 5) is 7.29. The van der Waals surface area contributed by atoms with Crippen LogP contribution in [-0.4, -0.2) is 35.1 Å². The van der Waals surface area contributed by atoms with Crippen LogP contribution in [0.5, 0.6) is 0 Å². The Morgan fingerprint density at radius 1 is 1.42 bits per heavy atom. The van der Waals surface area contributed by atoms with Crippen LogP contribution in [0, 0.1) is 0 Å². The largest absolute Gasteiger partial charge is 0.311 e. The molecule has 0 radical (unpaired) electrons. The van der Waals surface area contributed by atoms with Crippen LogP contribution in [0.4, 0.5) is 0 Å². The smallest absolute Gasteiger partial charge is 0.124 e. The third-order valence-corrected chi connectivity index (χ3v) is 5.20. The van der Waals surface area contributed by atoms with Gasteiger partial charge in [-0.1, -0.05) is 0 Å². The molecule has 0 amide bonds. The molecule has 1 aliphatic heterocycles. The molecule has 19 heavy (non-hydrogen) atoms. The van der Waals surface area contributed by atoms with Gasteiger partial charge in [0, 0.05) is 48.0 Å². The van der Waals surface area contributed by atoms with Gasteiger partial charge in [0.2, 0.25) is 0 Å². The van der Waals surface area contributed by atoms with E-state index in [9.17, 15) is 0 Å². The van der Waals surface area contributed by atoms with Crippen LogP contribution in [0.2, 0.25) is 0 Å². The van der Waals surface area contributed by atoms with Crippen molar-refractivity contribution in [2.75, 3.05) is 13.1 Å². The monoisotopic (exact) mass is 293 g/mol. The second-order valence-corrected chi connectivity index (χ2v) is 6.88. The maximum atomic E-state index is 4.77. The summed E-state index contributed by atoms with van der Waals surface area (Å²) in [5, 5.41) is 11.1. The molecule has 3 rings (SSSR count). The topological polar surface area (TPSA) is 28.2 Å². The standard InChI is InChI=1S/C14H19N3S2/c1-10-6-17(11(2)5-15-10)7-13-9-19-14(16-13)12-3-4-18-8-12/h3-4,8-11,15H,5-7H2,1-2H3. The Balaban J connectivity index is 1.70. The molecule has 2 atom stereocenters. The number of thiophene rings is 1. The third-order valence-electron chi connectivity index (χ3n) is 3.58. The molecule has 102 valence electrons. The lowest BCUT2D eigenvalue weighted by Crippen LogP contribution is -2.53. The van der Waals surface area contributed by atoms with Gasteiger partial charge in [0.05, 0.1) is 5.69 Å². The average Bonchev–Trinajstić information content (AvgIpc) is 3.04. The van der Waals surface area contributed by atoms with E-state index in [-0.39, 0.29) is 0 Å². The minimum absolute atomic E-state index is 0.575. The van der Waals surface area contributed by atoms with Crippen LogP contribution in [0.25, 0.3) is 10.6 Å². The van der Waals surface area contributed by atoms with E-state index in [2.05, 4.69) is 46.3 Å². The molecule has 0 saturated carbocycles. The maximum absolute atomic E-state index is 4.77. The van der Waals surface area contributed by atoms with Crippen LogP contribution in [0.15, 0.2) is 22.2 Å². The first kappa shape index (κ1) is 13.2. The molecule has 0 bridgehead atoms. The fourth-order valence-electron chi connectivity index (χ4n) is 2.42. The Morgan fingerprint density at radius 3 is 3.11 bits per heavy atom. The first-order valence-electron chi connectivity index (χ1n) is 6.67. The number of rotatable bonds is 3. The lowest BCUT2D eigenvalue weighted by molar-refractivity contribution is 0.137. The summed E-state index contributed by atoms with van der Waals surface area (Å²) in [6.07, 6.45) is 0. The predicted molar refractivity (Wildman–Crippen MR) is 82.8 cm³/mol. The highest BCUT2D eigenvalue weighted by Crippen LogP contribution is 2.26. The summed E-state index contributed by atoms with van der Waals surface area (Å²) in [5.74, 6) is 0. The summed E-state index contributed by atoms with van der Waals surface area (Å²) in [6.45, 7) is 7.67. The highest BCUT2D eigenvalue weighted by Gasteiger charge is 2.22. The van der Waals surface area contributed by atoms with Gasteiger partial charge in [-0.3, -0.25) is 4.90 Å². The van der Waals surface area contributed by atoms with Crippen LogP contribution in [0.1, 0.15) is 19.5 Å². The Bertz CT molecular complexity index is 521. The molecule has 0 aromatic carbocycles. The van der Waals surface area contributed by atoms with E-state index < -0.39 is 0 Å². The van der Waals surface area contributed by atoms with Gasteiger partial charge in [0.1, 0.15) is 5.01 Å². The third kappa shape index (κ3) is 3.05. The zero-order valence-electron chi connectivity index (χ0n) is 11.3. The lowest BCUT2D eigenvalue weighted by Gasteiger charge is -2.37. The second kappa shape index (κ2) is 5.71. The van der Waals surface area contributed by atoms with Crippen LogP contribution in [-0.2, 0) is 6.54 Å². The Morgan fingerprint density at radius 2 is 2.32 bits per heavy atom. The molecular formula is C14H19N3S2. The van der Waals surface area contributed by atoms with E-state index in [0.717, 1.165) is 24.6 Å². The zero-order chi connectivity index (χ0) is 13.2. The highest BCUT2D eigenvalue weighted by atomic mass is 32.1. The molecule has 3 heterocycles. The van der Waals surface area contributed by atoms with Gasteiger partial charge in [0.15, 0.2) is 0 Å². The van der Waals surface area contributed by atoms with Crippen molar-refractivity contribution in [3.8, 4) is 10.6 Å². The zero-order valence-corrected chi connectivity index (χ0v) is 12.9. The summed E-state index contributed by atoms with van der Waals surface area (Å²) in [5.41, 5.74) is 2.45. The average molecular weight is 293 g/mol. The van der Waals surface area contributed by atoms with E-state index in [1.807, 2.05) is 0 Å². The number of piperazine rings is 1. The molecular weight excluding hydrogens is 274 g/mol. The van der Waals surface area contributed by atoms with Gasteiger partial charge in [-0.25, -0.2) is 4.98 Å². The first-order valence-corrected chi connectivity index (χ1v) is 8.49. The molecule has 1 N–H and O–H groups in total. The molecule has 0 spiro atoms. The van der Waals surface area contributed by atoms with Crippen molar-refractivity contribution in [1.29, 1.82) is 0 Å². The lowest BCUT2D eigenvalue weighted by atomic mass is 10.1.